The molecule has 0 aromatic carbocycles. The second kappa shape index (κ2) is 7.19. The average Bonchev–Trinajstić information content (AvgIpc) is 3.22. The first-order valence-corrected chi connectivity index (χ1v) is 8.85. The number of aromatic nitrogens is 4. The smallest absolute Gasteiger partial charge is 0.124 e. The number of aryl methyl sites for hydroxylation is 2. The quantitative estimate of drug-likeness (QED) is 0.691. The maximum absolute atomic E-state index is 9.12. The molecule has 3 heterocycles. The van der Waals surface area contributed by atoms with Crippen LogP contribution in [0.5, 0.6) is 0 Å². The molecule has 3 rings (SSSR count). The number of nitrogens with one attached hydrogen (secondary N) is 1. The second-order valence-corrected chi connectivity index (χ2v) is 7.21. The predicted molar refractivity (Wildman–Crippen MR) is 96.5 cm³/mol. The number of anilines is 1. The molecule has 0 saturated heterocycles. The summed E-state index contributed by atoms with van der Waals surface area (Å²) in [5, 5.41) is 21.5. The van der Waals surface area contributed by atoms with Crippen LogP contribution in [-0.4, -0.2) is 31.3 Å². The van der Waals surface area contributed by atoms with Gasteiger partial charge in [0.15, 0.2) is 0 Å². The van der Waals surface area contributed by atoms with E-state index in [4.69, 9.17) is 5.11 Å². The third kappa shape index (κ3) is 3.52. The molecule has 0 saturated carbocycles. The highest BCUT2D eigenvalue weighted by atomic mass is 32.1. The van der Waals surface area contributed by atoms with Gasteiger partial charge in [-0.1, -0.05) is 0 Å². The Labute approximate surface area is 145 Å². The monoisotopic (exact) mass is 345 g/mol. The Hall–Kier alpha value is -2.12. The van der Waals surface area contributed by atoms with Crippen molar-refractivity contribution in [2.75, 3.05) is 11.9 Å². The van der Waals surface area contributed by atoms with Crippen molar-refractivity contribution in [3.05, 3.63) is 51.1 Å². The van der Waals surface area contributed by atoms with E-state index in [1.807, 2.05) is 35.5 Å². The molecule has 0 aliphatic carbocycles. The van der Waals surface area contributed by atoms with Gasteiger partial charge in [-0.2, -0.15) is 10.2 Å². The fourth-order valence-electron chi connectivity index (χ4n) is 2.81. The largest absolute Gasteiger partial charge is 0.394 e. The molecule has 0 fully saturated rings. The molecule has 6 nitrogen and oxygen atoms in total. The van der Waals surface area contributed by atoms with Crippen molar-refractivity contribution in [3.63, 3.8) is 0 Å². The molecule has 0 atom stereocenters. The van der Waals surface area contributed by atoms with Crippen molar-refractivity contribution in [1.82, 2.24) is 19.6 Å². The van der Waals surface area contributed by atoms with Gasteiger partial charge in [-0.15, -0.1) is 11.3 Å². The zero-order valence-corrected chi connectivity index (χ0v) is 15.1. The van der Waals surface area contributed by atoms with Gasteiger partial charge in [0.2, 0.25) is 0 Å². The van der Waals surface area contributed by atoms with Crippen LogP contribution in [0.1, 0.15) is 26.7 Å². The van der Waals surface area contributed by atoms with Gasteiger partial charge in [0.05, 0.1) is 31.6 Å². The standard InChI is InChI=1S/C17H23N5OS/c1-12-4-5-15(24-12)11-22-17(6-7-19-22)18-10-16-13(2)20-21(8-9-23)14(16)3/h4-7,18,23H,8-11H2,1-3H3. The van der Waals surface area contributed by atoms with Crippen molar-refractivity contribution in [2.24, 2.45) is 0 Å². The first-order valence-electron chi connectivity index (χ1n) is 8.03. The lowest BCUT2D eigenvalue weighted by molar-refractivity contribution is 0.268. The summed E-state index contributed by atoms with van der Waals surface area (Å²) < 4.78 is 3.84. The molecule has 0 unspecified atom stereocenters. The normalized spacial score (nSPS) is 11.2. The van der Waals surface area contributed by atoms with Crippen molar-refractivity contribution < 1.29 is 5.11 Å². The van der Waals surface area contributed by atoms with Gasteiger partial charge in [0.1, 0.15) is 5.82 Å². The Kier molecular flexibility index (Phi) is 5.01. The SMILES string of the molecule is Cc1ccc(Cn2nccc2NCc2c(C)nn(CCO)c2C)s1. The molecular formula is C17H23N5OS. The van der Waals surface area contributed by atoms with Crippen LogP contribution in [0.25, 0.3) is 0 Å². The molecule has 0 aliphatic rings. The lowest BCUT2D eigenvalue weighted by atomic mass is 10.2. The summed E-state index contributed by atoms with van der Waals surface area (Å²) in [6.45, 7) is 8.26. The zero-order chi connectivity index (χ0) is 17.1. The molecule has 24 heavy (non-hydrogen) atoms. The van der Waals surface area contributed by atoms with Crippen LogP contribution in [0.4, 0.5) is 5.82 Å². The van der Waals surface area contributed by atoms with Gasteiger partial charge in [0.25, 0.3) is 0 Å². The van der Waals surface area contributed by atoms with Crippen LogP contribution in [0.15, 0.2) is 24.4 Å². The van der Waals surface area contributed by atoms with Gasteiger partial charge in [-0.05, 0) is 32.9 Å². The van der Waals surface area contributed by atoms with E-state index >= 15 is 0 Å². The summed E-state index contributed by atoms with van der Waals surface area (Å²) in [6, 6.07) is 6.28. The van der Waals surface area contributed by atoms with Crippen LogP contribution in [-0.2, 0) is 19.6 Å². The Morgan fingerprint density at radius 1 is 1.17 bits per heavy atom. The third-order valence-electron chi connectivity index (χ3n) is 4.11. The molecule has 0 aliphatic heterocycles. The number of nitrogens with zero attached hydrogens (tertiary/aromatic N) is 4. The summed E-state index contributed by atoms with van der Waals surface area (Å²) in [6.07, 6.45) is 1.82. The first-order chi connectivity index (χ1) is 11.6. The molecule has 0 amide bonds. The van der Waals surface area contributed by atoms with E-state index in [1.54, 1.807) is 11.3 Å². The highest BCUT2D eigenvalue weighted by Crippen LogP contribution is 2.19. The fourth-order valence-corrected chi connectivity index (χ4v) is 3.68. The summed E-state index contributed by atoms with van der Waals surface area (Å²) in [5.74, 6) is 0.995. The minimum absolute atomic E-state index is 0.0990. The Bertz CT molecular complexity index is 817. The molecule has 0 bridgehead atoms. The van der Waals surface area contributed by atoms with Crippen LogP contribution in [0.3, 0.4) is 0 Å². The molecule has 2 N–H and O–H groups in total. The van der Waals surface area contributed by atoms with Gasteiger partial charge in [0, 0.05) is 33.6 Å². The average molecular weight is 345 g/mol. The number of rotatable bonds is 7. The number of aliphatic hydroxyl groups excluding tert-OH is 1. The lowest BCUT2D eigenvalue weighted by Crippen LogP contribution is -2.10. The Morgan fingerprint density at radius 2 is 2.00 bits per heavy atom. The van der Waals surface area contributed by atoms with E-state index < -0.39 is 0 Å². The van der Waals surface area contributed by atoms with E-state index in [2.05, 4.69) is 34.6 Å². The lowest BCUT2D eigenvalue weighted by Gasteiger charge is -2.10. The topological polar surface area (TPSA) is 67.9 Å². The zero-order valence-electron chi connectivity index (χ0n) is 14.3. The fraction of sp³-hybridized carbons (Fsp3) is 0.412. The highest BCUT2D eigenvalue weighted by molar-refractivity contribution is 7.11. The van der Waals surface area contributed by atoms with Crippen molar-refractivity contribution >= 4 is 17.2 Å². The number of thiophene rings is 1. The number of aliphatic hydroxyl groups is 1. The minimum Gasteiger partial charge on any atom is -0.394 e. The molecule has 128 valence electrons. The van der Waals surface area contributed by atoms with Crippen LogP contribution < -0.4 is 5.32 Å². The Morgan fingerprint density at radius 3 is 2.71 bits per heavy atom. The van der Waals surface area contributed by atoms with Crippen LogP contribution in [0, 0.1) is 20.8 Å². The van der Waals surface area contributed by atoms with E-state index in [1.165, 1.54) is 15.3 Å². The molecule has 0 radical (unpaired) electrons. The van der Waals surface area contributed by atoms with Crippen LogP contribution in [0.2, 0.25) is 0 Å². The molecule has 0 spiro atoms. The summed E-state index contributed by atoms with van der Waals surface area (Å²) in [4.78, 5) is 2.61. The minimum atomic E-state index is 0.0990. The van der Waals surface area contributed by atoms with Crippen molar-refractivity contribution in [3.8, 4) is 0 Å². The maximum atomic E-state index is 9.12. The van der Waals surface area contributed by atoms with E-state index in [9.17, 15) is 0 Å². The summed E-state index contributed by atoms with van der Waals surface area (Å²) >= 11 is 1.80. The van der Waals surface area contributed by atoms with E-state index in [-0.39, 0.29) is 6.61 Å². The van der Waals surface area contributed by atoms with Gasteiger partial charge in [-0.25, -0.2) is 4.68 Å². The summed E-state index contributed by atoms with van der Waals surface area (Å²) in [5.41, 5.74) is 3.26. The molecule has 3 aromatic heterocycles. The third-order valence-corrected chi connectivity index (χ3v) is 5.09. The van der Waals surface area contributed by atoms with Crippen molar-refractivity contribution in [2.45, 2.75) is 40.4 Å². The van der Waals surface area contributed by atoms with Crippen LogP contribution >= 0.6 is 11.3 Å². The maximum Gasteiger partial charge on any atom is 0.124 e. The number of hydrogen-bond acceptors (Lipinski definition) is 5. The predicted octanol–water partition coefficient (Wildman–Crippen LogP) is 2.72. The molecular weight excluding hydrogens is 322 g/mol. The highest BCUT2D eigenvalue weighted by Gasteiger charge is 2.12. The summed E-state index contributed by atoms with van der Waals surface area (Å²) in [7, 11) is 0. The second-order valence-electron chi connectivity index (χ2n) is 5.84. The van der Waals surface area contributed by atoms with Crippen molar-refractivity contribution in [1.29, 1.82) is 0 Å². The first kappa shape index (κ1) is 16.7. The molecule has 3 aromatic rings. The van der Waals surface area contributed by atoms with E-state index in [0.717, 1.165) is 23.8 Å². The van der Waals surface area contributed by atoms with Gasteiger partial charge >= 0.3 is 0 Å². The van der Waals surface area contributed by atoms with E-state index in [0.29, 0.717) is 13.1 Å². The Balaban J connectivity index is 1.71. The van der Waals surface area contributed by atoms with Gasteiger partial charge in [-0.3, -0.25) is 4.68 Å². The van der Waals surface area contributed by atoms with Gasteiger partial charge < -0.3 is 10.4 Å². The number of hydrogen-bond donors (Lipinski definition) is 2. The molecule has 7 heteroatoms.